The van der Waals surface area contributed by atoms with Crippen molar-refractivity contribution >= 4 is 28.9 Å². The molecule has 1 amide bonds. The third-order valence-corrected chi connectivity index (χ3v) is 2.84. The predicted octanol–water partition coefficient (Wildman–Crippen LogP) is 3.16. The summed E-state index contributed by atoms with van der Waals surface area (Å²) >= 11 is 5.66. The Balaban J connectivity index is 2.30. The number of phenols is 1. The number of hydrogen-bond donors (Lipinski definition) is 3. The molecule has 7 heteroatoms. The number of aromatic hydroxyl groups is 1. The zero-order chi connectivity index (χ0) is 14.9. The van der Waals surface area contributed by atoms with Crippen molar-refractivity contribution in [2.45, 2.75) is 0 Å². The second-order valence-electron chi connectivity index (χ2n) is 3.97. The molecular formula is C13H9ClF2N2O2. The Morgan fingerprint density at radius 1 is 1.25 bits per heavy atom. The molecule has 0 radical (unpaired) electrons. The largest absolute Gasteiger partial charge is 0.506 e. The average molecular weight is 299 g/mol. The van der Waals surface area contributed by atoms with Crippen LogP contribution in [-0.2, 0) is 0 Å². The van der Waals surface area contributed by atoms with E-state index < -0.39 is 17.5 Å². The molecule has 20 heavy (non-hydrogen) atoms. The highest BCUT2D eigenvalue weighted by atomic mass is 35.5. The van der Waals surface area contributed by atoms with Crippen molar-refractivity contribution in [2.24, 2.45) is 0 Å². The molecule has 0 saturated carbocycles. The number of halogens is 3. The van der Waals surface area contributed by atoms with Gasteiger partial charge in [0.1, 0.15) is 11.6 Å². The van der Waals surface area contributed by atoms with E-state index in [1.54, 1.807) is 0 Å². The van der Waals surface area contributed by atoms with E-state index in [9.17, 15) is 18.7 Å². The molecule has 0 aromatic heterocycles. The lowest BCUT2D eigenvalue weighted by molar-refractivity contribution is 0.102. The summed E-state index contributed by atoms with van der Waals surface area (Å²) in [6.07, 6.45) is 0. The summed E-state index contributed by atoms with van der Waals surface area (Å²) in [6.45, 7) is 0. The summed E-state index contributed by atoms with van der Waals surface area (Å²) < 4.78 is 26.4. The number of nitrogens with two attached hydrogens (primary N) is 1. The van der Waals surface area contributed by atoms with Gasteiger partial charge < -0.3 is 16.2 Å². The predicted molar refractivity (Wildman–Crippen MR) is 71.8 cm³/mol. The van der Waals surface area contributed by atoms with Gasteiger partial charge in [-0.15, -0.1) is 0 Å². The van der Waals surface area contributed by atoms with E-state index in [0.29, 0.717) is 6.07 Å². The summed E-state index contributed by atoms with van der Waals surface area (Å²) in [6, 6.07) is 5.27. The van der Waals surface area contributed by atoms with E-state index in [2.05, 4.69) is 5.32 Å². The molecule has 0 aliphatic heterocycles. The first-order valence-electron chi connectivity index (χ1n) is 5.43. The van der Waals surface area contributed by atoms with Crippen LogP contribution in [0.25, 0.3) is 0 Å². The van der Waals surface area contributed by atoms with Gasteiger partial charge in [0.25, 0.3) is 5.91 Å². The zero-order valence-electron chi connectivity index (χ0n) is 9.95. The van der Waals surface area contributed by atoms with Gasteiger partial charge >= 0.3 is 0 Å². The highest BCUT2D eigenvalue weighted by molar-refractivity contribution is 6.34. The van der Waals surface area contributed by atoms with Crippen molar-refractivity contribution in [3.05, 3.63) is 52.6 Å². The van der Waals surface area contributed by atoms with Gasteiger partial charge in [-0.2, -0.15) is 0 Å². The second kappa shape index (κ2) is 5.34. The maximum absolute atomic E-state index is 13.5. The van der Waals surface area contributed by atoms with E-state index >= 15 is 0 Å². The molecule has 2 aromatic carbocycles. The van der Waals surface area contributed by atoms with Gasteiger partial charge in [0.15, 0.2) is 5.82 Å². The van der Waals surface area contributed by atoms with E-state index in [-0.39, 0.29) is 27.7 Å². The standard InChI is InChI=1S/C13H9ClF2N2O2/c14-8-4-7(15)5-9(16)12(8)18-13(20)6-1-2-10(17)11(19)3-6/h1-5,19H,17H2,(H,18,20). The van der Waals surface area contributed by atoms with E-state index in [0.717, 1.165) is 12.1 Å². The van der Waals surface area contributed by atoms with Crippen LogP contribution in [0.15, 0.2) is 30.3 Å². The van der Waals surface area contributed by atoms with Crippen molar-refractivity contribution in [3.8, 4) is 5.75 Å². The lowest BCUT2D eigenvalue weighted by Gasteiger charge is -2.09. The molecule has 4 nitrogen and oxygen atoms in total. The van der Waals surface area contributed by atoms with Crippen LogP contribution in [0, 0.1) is 11.6 Å². The van der Waals surface area contributed by atoms with Gasteiger partial charge in [-0.1, -0.05) is 11.6 Å². The number of nitrogens with one attached hydrogen (secondary N) is 1. The van der Waals surface area contributed by atoms with Crippen LogP contribution in [0.1, 0.15) is 10.4 Å². The number of benzene rings is 2. The van der Waals surface area contributed by atoms with Gasteiger partial charge in [-0.25, -0.2) is 8.78 Å². The summed E-state index contributed by atoms with van der Waals surface area (Å²) in [5.41, 5.74) is 5.22. The molecule has 104 valence electrons. The number of carbonyl (C=O) groups is 1. The Bertz CT molecular complexity index is 669. The van der Waals surface area contributed by atoms with Crippen molar-refractivity contribution in [1.29, 1.82) is 0 Å². The van der Waals surface area contributed by atoms with Crippen LogP contribution in [0.3, 0.4) is 0 Å². The first kappa shape index (κ1) is 14.1. The summed E-state index contributed by atoms with van der Waals surface area (Å²) in [5, 5.41) is 11.3. The van der Waals surface area contributed by atoms with Crippen LogP contribution < -0.4 is 11.1 Å². The van der Waals surface area contributed by atoms with Crippen molar-refractivity contribution < 1.29 is 18.7 Å². The topological polar surface area (TPSA) is 75.4 Å². The maximum Gasteiger partial charge on any atom is 0.255 e. The minimum Gasteiger partial charge on any atom is -0.506 e. The van der Waals surface area contributed by atoms with Gasteiger partial charge in [0, 0.05) is 11.6 Å². The Morgan fingerprint density at radius 3 is 2.55 bits per heavy atom. The first-order valence-corrected chi connectivity index (χ1v) is 5.80. The fourth-order valence-corrected chi connectivity index (χ4v) is 1.77. The van der Waals surface area contributed by atoms with Crippen molar-refractivity contribution in [2.75, 3.05) is 11.1 Å². The molecule has 0 heterocycles. The summed E-state index contributed by atoms with van der Waals surface area (Å²) in [5.74, 6) is -2.84. The normalized spacial score (nSPS) is 10.3. The molecular weight excluding hydrogens is 290 g/mol. The monoisotopic (exact) mass is 298 g/mol. The van der Waals surface area contributed by atoms with Crippen molar-refractivity contribution in [3.63, 3.8) is 0 Å². The fourth-order valence-electron chi connectivity index (χ4n) is 1.53. The minimum absolute atomic E-state index is 0.0523. The molecule has 0 aliphatic rings. The third kappa shape index (κ3) is 2.80. The Morgan fingerprint density at radius 2 is 1.95 bits per heavy atom. The molecule has 0 bridgehead atoms. The number of rotatable bonds is 2. The molecule has 0 fully saturated rings. The molecule has 2 aromatic rings. The van der Waals surface area contributed by atoms with E-state index in [1.165, 1.54) is 12.1 Å². The van der Waals surface area contributed by atoms with Crippen LogP contribution in [0.5, 0.6) is 5.75 Å². The molecule has 4 N–H and O–H groups in total. The van der Waals surface area contributed by atoms with Crippen molar-refractivity contribution in [1.82, 2.24) is 0 Å². The lowest BCUT2D eigenvalue weighted by atomic mass is 10.1. The molecule has 0 atom stereocenters. The number of amides is 1. The van der Waals surface area contributed by atoms with Gasteiger partial charge in [0.05, 0.1) is 16.4 Å². The number of nitrogen functional groups attached to an aromatic ring is 1. The highest BCUT2D eigenvalue weighted by Crippen LogP contribution is 2.27. The molecule has 0 saturated heterocycles. The minimum atomic E-state index is -0.997. The number of anilines is 2. The molecule has 0 unspecified atom stereocenters. The molecule has 2 rings (SSSR count). The van der Waals surface area contributed by atoms with Gasteiger partial charge in [0.2, 0.25) is 0 Å². The summed E-state index contributed by atoms with van der Waals surface area (Å²) in [7, 11) is 0. The molecule has 0 aliphatic carbocycles. The van der Waals surface area contributed by atoms with Gasteiger partial charge in [-0.3, -0.25) is 4.79 Å². The average Bonchev–Trinajstić information content (AvgIpc) is 2.36. The second-order valence-corrected chi connectivity index (χ2v) is 4.38. The highest BCUT2D eigenvalue weighted by Gasteiger charge is 2.15. The lowest BCUT2D eigenvalue weighted by Crippen LogP contribution is -2.13. The molecule has 0 spiro atoms. The number of hydrogen-bond acceptors (Lipinski definition) is 3. The summed E-state index contributed by atoms with van der Waals surface area (Å²) in [4.78, 5) is 11.9. The van der Waals surface area contributed by atoms with Crippen LogP contribution >= 0.6 is 11.6 Å². The zero-order valence-corrected chi connectivity index (χ0v) is 10.7. The van der Waals surface area contributed by atoms with Gasteiger partial charge in [-0.05, 0) is 24.3 Å². The quantitative estimate of drug-likeness (QED) is 0.589. The Hall–Kier alpha value is -2.34. The van der Waals surface area contributed by atoms with Crippen LogP contribution in [0.4, 0.5) is 20.2 Å². The smallest absolute Gasteiger partial charge is 0.255 e. The Kier molecular flexibility index (Phi) is 3.76. The third-order valence-electron chi connectivity index (χ3n) is 2.54. The number of phenolic OH excluding ortho intramolecular Hbond substituents is 1. The SMILES string of the molecule is Nc1ccc(C(=O)Nc2c(F)cc(F)cc2Cl)cc1O. The van der Waals surface area contributed by atoms with E-state index in [4.69, 9.17) is 17.3 Å². The fraction of sp³-hybridized carbons (Fsp3) is 0. The van der Waals surface area contributed by atoms with Crippen LogP contribution in [0.2, 0.25) is 5.02 Å². The maximum atomic E-state index is 13.5. The Labute approximate surface area is 117 Å². The van der Waals surface area contributed by atoms with Crippen LogP contribution in [-0.4, -0.2) is 11.0 Å². The number of carbonyl (C=O) groups excluding carboxylic acids is 1. The first-order chi connectivity index (χ1) is 9.38. The van der Waals surface area contributed by atoms with E-state index in [1.807, 2.05) is 0 Å².